The van der Waals surface area contributed by atoms with Crippen molar-refractivity contribution in [3.05, 3.63) is 58.0 Å². The molecule has 1 heterocycles. The Morgan fingerprint density at radius 1 is 1.42 bits per heavy atom. The van der Waals surface area contributed by atoms with E-state index < -0.39 is 16.4 Å². The van der Waals surface area contributed by atoms with Crippen LogP contribution in [0.5, 0.6) is 11.6 Å². The summed E-state index contributed by atoms with van der Waals surface area (Å²) < 4.78 is 18.7. The van der Waals surface area contributed by atoms with Gasteiger partial charge in [0.2, 0.25) is 11.7 Å². The van der Waals surface area contributed by atoms with Crippen molar-refractivity contribution >= 4 is 5.69 Å². The molecule has 0 atom stereocenters. The van der Waals surface area contributed by atoms with E-state index in [4.69, 9.17) is 9.84 Å². The molecule has 98 valence electrons. The Morgan fingerprint density at radius 3 is 2.84 bits per heavy atom. The highest BCUT2D eigenvalue weighted by Crippen LogP contribution is 2.27. The minimum absolute atomic E-state index is 0.0662. The Bertz CT molecular complexity index is 618. The number of aliphatic hydroxyl groups is 1. The number of halogens is 1. The van der Waals surface area contributed by atoms with E-state index in [1.54, 1.807) is 12.1 Å². The lowest BCUT2D eigenvalue weighted by Crippen LogP contribution is -1.96. The number of hydrogen-bond acceptors (Lipinski definition) is 5. The molecule has 0 radical (unpaired) electrons. The summed E-state index contributed by atoms with van der Waals surface area (Å²) >= 11 is 0. The van der Waals surface area contributed by atoms with Crippen LogP contribution in [0.2, 0.25) is 0 Å². The van der Waals surface area contributed by atoms with E-state index >= 15 is 0 Å². The van der Waals surface area contributed by atoms with Crippen molar-refractivity contribution < 1.29 is 19.2 Å². The van der Waals surface area contributed by atoms with Crippen LogP contribution in [0, 0.1) is 15.9 Å². The van der Waals surface area contributed by atoms with Gasteiger partial charge < -0.3 is 9.84 Å². The van der Waals surface area contributed by atoms with Gasteiger partial charge in [-0.25, -0.2) is 4.98 Å². The summed E-state index contributed by atoms with van der Waals surface area (Å²) in [5, 5.41) is 19.6. The summed E-state index contributed by atoms with van der Waals surface area (Å²) in [6, 6.07) is 6.39. The lowest BCUT2D eigenvalue weighted by molar-refractivity contribution is -0.387. The highest BCUT2D eigenvalue weighted by atomic mass is 19.1. The fourth-order valence-corrected chi connectivity index (χ4v) is 1.45. The molecule has 1 N–H and O–H groups in total. The topological polar surface area (TPSA) is 85.5 Å². The number of aliphatic hydroxyl groups excluding tert-OH is 1. The zero-order chi connectivity index (χ0) is 13.8. The number of ether oxygens (including phenoxy) is 1. The maximum Gasteiger partial charge on any atom is 0.305 e. The quantitative estimate of drug-likeness (QED) is 0.677. The van der Waals surface area contributed by atoms with Gasteiger partial charge in [-0.1, -0.05) is 0 Å². The van der Waals surface area contributed by atoms with Crippen molar-refractivity contribution in [2.45, 2.75) is 6.61 Å². The number of hydrogen-bond donors (Lipinski definition) is 1. The Morgan fingerprint density at radius 2 is 2.21 bits per heavy atom. The number of pyridine rings is 1. The highest BCUT2D eigenvalue weighted by Gasteiger charge is 2.15. The Labute approximate surface area is 107 Å². The molecule has 19 heavy (non-hydrogen) atoms. The molecule has 0 spiro atoms. The van der Waals surface area contributed by atoms with E-state index in [1.165, 1.54) is 12.3 Å². The van der Waals surface area contributed by atoms with Crippen LogP contribution in [0.25, 0.3) is 0 Å². The molecular weight excluding hydrogens is 255 g/mol. The van der Waals surface area contributed by atoms with Gasteiger partial charge in [-0.2, -0.15) is 4.39 Å². The van der Waals surface area contributed by atoms with E-state index in [0.29, 0.717) is 5.56 Å². The van der Waals surface area contributed by atoms with Crippen LogP contribution in [-0.4, -0.2) is 15.0 Å². The smallest absolute Gasteiger partial charge is 0.305 e. The molecule has 0 aliphatic carbocycles. The van der Waals surface area contributed by atoms with Gasteiger partial charge in [0.05, 0.1) is 11.5 Å². The van der Waals surface area contributed by atoms with Crippen molar-refractivity contribution in [2.24, 2.45) is 0 Å². The van der Waals surface area contributed by atoms with Gasteiger partial charge in [-0.15, -0.1) is 0 Å². The fraction of sp³-hybridized carbons (Fsp3) is 0.0833. The van der Waals surface area contributed by atoms with Gasteiger partial charge in [0, 0.05) is 23.9 Å². The van der Waals surface area contributed by atoms with Crippen molar-refractivity contribution in [3.63, 3.8) is 0 Å². The number of nitrogens with zero attached hydrogens (tertiary/aromatic N) is 2. The van der Waals surface area contributed by atoms with E-state index in [2.05, 4.69) is 4.98 Å². The van der Waals surface area contributed by atoms with Crippen molar-refractivity contribution in [1.29, 1.82) is 0 Å². The molecule has 2 aromatic rings. The van der Waals surface area contributed by atoms with Crippen LogP contribution in [-0.2, 0) is 6.61 Å². The summed E-state index contributed by atoms with van der Waals surface area (Å²) in [4.78, 5) is 13.5. The maximum absolute atomic E-state index is 13.4. The van der Waals surface area contributed by atoms with Crippen molar-refractivity contribution in [2.75, 3.05) is 0 Å². The molecule has 0 saturated carbocycles. The predicted octanol–water partition coefficient (Wildman–Crippen LogP) is 2.41. The van der Waals surface area contributed by atoms with Gasteiger partial charge >= 0.3 is 5.69 Å². The Kier molecular flexibility index (Phi) is 3.67. The number of benzene rings is 1. The Balaban J connectivity index is 2.29. The monoisotopic (exact) mass is 264 g/mol. The zero-order valence-electron chi connectivity index (χ0n) is 9.62. The van der Waals surface area contributed by atoms with Crippen molar-refractivity contribution in [1.82, 2.24) is 4.98 Å². The van der Waals surface area contributed by atoms with E-state index in [-0.39, 0.29) is 18.2 Å². The van der Waals surface area contributed by atoms with Gasteiger partial charge in [0.1, 0.15) is 5.75 Å². The maximum atomic E-state index is 13.4. The molecule has 0 aliphatic heterocycles. The first-order valence-electron chi connectivity index (χ1n) is 5.28. The van der Waals surface area contributed by atoms with Crippen LogP contribution >= 0.6 is 0 Å². The minimum Gasteiger partial charge on any atom is -0.439 e. The lowest BCUT2D eigenvalue weighted by Gasteiger charge is -2.07. The molecule has 0 bridgehead atoms. The fourth-order valence-electron chi connectivity index (χ4n) is 1.45. The summed E-state index contributed by atoms with van der Waals surface area (Å²) in [6.45, 7) is -0.279. The summed E-state index contributed by atoms with van der Waals surface area (Å²) in [7, 11) is 0. The third-order valence-electron chi connectivity index (χ3n) is 2.35. The Hall–Kier alpha value is -2.54. The first kappa shape index (κ1) is 12.9. The molecule has 0 fully saturated rings. The summed E-state index contributed by atoms with van der Waals surface area (Å²) in [5.74, 6) is -0.807. The molecule has 0 saturated heterocycles. The number of aromatic nitrogens is 1. The van der Waals surface area contributed by atoms with Crippen LogP contribution in [0.4, 0.5) is 10.1 Å². The van der Waals surface area contributed by atoms with Crippen molar-refractivity contribution in [3.8, 4) is 11.6 Å². The van der Waals surface area contributed by atoms with Gasteiger partial charge in [-0.05, 0) is 18.2 Å². The zero-order valence-corrected chi connectivity index (χ0v) is 9.62. The molecule has 0 unspecified atom stereocenters. The molecule has 1 aromatic heterocycles. The molecular formula is C12H9FN2O4. The predicted molar refractivity (Wildman–Crippen MR) is 63.3 cm³/mol. The van der Waals surface area contributed by atoms with Crippen LogP contribution in [0.1, 0.15) is 5.56 Å². The lowest BCUT2D eigenvalue weighted by atomic mass is 10.2. The molecule has 6 nitrogen and oxygen atoms in total. The second-order valence-corrected chi connectivity index (χ2v) is 3.60. The van der Waals surface area contributed by atoms with E-state index in [1.807, 2.05) is 0 Å². The average molecular weight is 264 g/mol. The first-order valence-corrected chi connectivity index (χ1v) is 5.28. The highest BCUT2D eigenvalue weighted by molar-refractivity contribution is 5.40. The number of nitro benzene ring substituents is 1. The van der Waals surface area contributed by atoms with E-state index in [0.717, 1.165) is 12.1 Å². The second kappa shape index (κ2) is 5.40. The van der Waals surface area contributed by atoms with Crippen LogP contribution < -0.4 is 4.74 Å². The standard InChI is InChI=1S/C12H9FN2O4/c13-10-6-9(3-4-11(10)15(17)18)19-12-8(7-16)2-1-5-14-12/h1-6,16H,7H2. The SMILES string of the molecule is O=[N+]([O-])c1ccc(Oc2ncccc2CO)cc1F. The summed E-state index contributed by atoms with van der Waals surface area (Å²) in [5.41, 5.74) is -0.197. The normalized spacial score (nSPS) is 10.2. The third-order valence-corrected chi connectivity index (χ3v) is 2.35. The van der Waals surface area contributed by atoms with Crippen LogP contribution in [0.15, 0.2) is 36.5 Å². The second-order valence-electron chi connectivity index (χ2n) is 3.60. The van der Waals surface area contributed by atoms with Gasteiger partial charge in [0.15, 0.2) is 0 Å². The molecule has 2 rings (SSSR count). The molecule has 0 amide bonds. The number of nitro groups is 1. The summed E-state index contributed by atoms with van der Waals surface area (Å²) in [6.07, 6.45) is 1.45. The van der Waals surface area contributed by atoms with E-state index in [9.17, 15) is 14.5 Å². The third kappa shape index (κ3) is 2.83. The number of rotatable bonds is 4. The average Bonchev–Trinajstić information content (AvgIpc) is 2.39. The van der Waals surface area contributed by atoms with Gasteiger partial charge in [-0.3, -0.25) is 10.1 Å². The molecule has 7 heteroatoms. The molecule has 0 aliphatic rings. The molecule has 1 aromatic carbocycles. The first-order chi connectivity index (χ1) is 9.11. The minimum atomic E-state index is -0.996. The largest absolute Gasteiger partial charge is 0.439 e. The van der Waals surface area contributed by atoms with Crippen LogP contribution in [0.3, 0.4) is 0 Å². The van der Waals surface area contributed by atoms with Gasteiger partial charge in [0.25, 0.3) is 0 Å².